The highest BCUT2D eigenvalue weighted by atomic mass is 19.1. The maximum Gasteiger partial charge on any atom is 0.251 e. The van der Waals surface area contributed by atoms with Gasteiger partial charge in [-0.3, -0.25) is 9.59 Å². The number of hydrogen-bond acceptors (Lipinski definition) is 3. The van der Waals surface area contributed by atoms with Crippen LogP contribution in [-0.4, -0.2) is 36.9 Å². The first-order valence-corrected chi connectivity index (χ1v) is 8.33. The molecule has 0 aromatic heterocycles. The Bertz CT molecular complexity index is 765. The Labute approximate surface area is 152 Å². The van der Waals surface area contributed by atoms with Crippen molar-refractivity contribution >= 4 is 11.8 Å². The van der Waals surface area contributed by atoms with Crippen molar-refractivity contribution in [1.29, 1.82) is 0 Å². The lowest BCUT2D eigenvalue weighted by atomic mass is 10.1. The maximum atomic E-state index is 13.7. The molecule has 2 aromatic carbocycles. The molecule has 26 heavy (non-hydrogen) atoms. The summed E-state index contributed by atoms with van der Waals surface area (Å²) in [6.45, 7) is 2.05. The molecule has 0 spiro atoms. The number of carbonyl (C=O) groups is 2. The van der Waals surface area contributed by atoms with Gasteiger partial charge < -0.3 is 15.0 Å². The highest BCUT2D eigenvalue weighted by Crippen LogP contribution is 2.18. The van der Waals surface area contributed by atoms with Crippen LogP contribution in [0.3, 0.4) is 0 Å². The molecule has 1 unspecified atom stereocenters. The Morgan fingerprint density at radius 1 is 1.19 bits per heavy atom. The van der Waals surface area contributed by atoms with Gasteiger partial charge in [-0.2, -0.15) is 0 Å². The van der Waals surface area contributed by atoms with Crippen LogP contribution in [0.5, 0.6) is 5.75 Å². The first-order chi connectivity index (χ1) is 12.4. The van der Waals surface area contributed by atoms with E-state index < -0.39 is 5.82 Å². The van der Waals surface area contributed by atoms with Crippen LogP contribution in [0.1, 0.15) is 29.3 Å². The van der Waals surface area contributed by atoms with Gasteiger partial charge >= 0.3 is 0 Å². The Kier molecular flexibility index (Phi) is 6.72. The van der Waals surface area contributed by atoms with Crippen molar-refractivity contribution in [3.05, 3.63) is 65.5 Å². The molecule has 5 nitrogen and oxygen atoms in total. The van der Waals surface area contributed by atoms with Gasteiger partial charge in [0.15, 0.2) is 11.6 Å². The Balaban J connectivity index is 1.88. The third kappa shape index (κ3) is 5.31. The second-order valence-electron chi connectivity index (χ2n) is 6.16. The lowest BCUT2D eigenvalue weighted by Gasteiger charge is -2.20. The third-order valence-electron chi connectivity index (χ3n) is 3.96. The minimum Gasteiger partial charge on any atom is -0.494 e. The lowest BCUT2D eigenvalue weighted by molar-refractivity contribution is -0.130. The lowest BCUT2D eigenvalue weighted by Crippen LogP contribution is -2.37. The molecule has 0 saturated carbocycles. The number of benzene rings is 2. The predicted octanol–water partition coefficient (Wildman–Crippen LogP) is 3.00. The highest BCUT2D eigenvalue weighted by Gasteiger charge is 2.16. The summed E-state index contributed by atoms with van der Waals surface area (Å²) in [4.78, 5) is 26.0. The number of carbonyl (C=O) groups excluding carboxylic acids is 2. The van der Waals surface area contributed by atoms with E-state index >= 15 is 0 Å². The number of hydrogen-bond donors (Lipinski definition) is 1. The van der Waals surface area contributed by atoms with E-state index in [4.69, 9.17) is 4.74 Å². The molecule has 1 N–H and O–H groups in total. The molecule has 0 aliphatic rings. The maximum absolute atomic E-state index is 13.7. The van der Waals surface area contributed by atoms with Gasteiger partial charge in [0.1, 0.15) is 0 Å². The normalized spacial score (nSPS) is 11.5. The minimum absolute atomic E-state index is 0.137. The third-order valence-corrected chi connectivity index (χ3v) is 3.96. The highest BCUT2D eigenvalue weighted by molar-refractivity contribution is 5.94. The van der Waals surface area contributed by atoms with E-state index in [0.29, 0.717) is 11.1 Å². The molecule has 0 bridgehead atoms. The monoisotopic (exact) mass is 358 g/mol. The number of nitrogens with zero attached hydrogens (tertiary/aromatic N) is 1. The molecule has 2 amide bonds. The van der Waals surface area contributed by atoms with Gasteiger partial charge in [0.2, 0.25) is 5.91 Å². The first kappa shape index (κ1) is 19.4. The largest absolute Gasteiger partial charge is 0.494 e. The molecule has 2 rings (SSSR count). The molecule has 0 aliphatic heterocycles. The Hall–Kier alpha value is -2.89. The van der Waals surface area contributed by atoms with E-state index in [2.05, 4.69) is 5.32 Å². The fraction of sp³-hybridized carbons (Fsp3) is 0.300. The van der Waals surface area contributed by atoms with Crippen LogP contribution in [0.25, 0.3) is 0 Å². The summed E-state index contributed by atoms with van der Waals surface area (Å²) >= 11 is 0. The number of ether oxygens (including phenoxy) is 1. The van der Waals surface area contributed by atoms with Crippen molar-refractivity contribution < 1.29 is 18.7 Å². The molecule has 138 valence electrons. The quantitative estimate of drug-likeness (QED) is 0.828. The van der Waals surface area contributed by atoms with Crippen molar-refractivity contribution in [1.82, 2.24) is 10.2 Å². The second kappa shape index (κ2) is 8.99. The number of amides is 2. The molecule has 0 fully saturated rings. The second-order valence-corrected chi connectivity index (χ2v) is 6.16. The standard InChI is InChI=1S/C20H23FN2O3/c1-14(22-20(25)16-7-5-4-6-8-16)11-19(24)23(2)13-15-9-10-18(26-3)17(21)12-15/h4-10,12,14H,11,13H2,1-3H3,(H,22,25). The predicted molar refractivity (Wildman–Crippen MR) is 97.4 cm³/mol. The Morgan fingerprint density at radius 2 is 1.88 bits per heavy atom. The fourth-order valence-corrected chi connectivity index (χ4v) is 2.54. The summed E-state index contributed by atoms with van der Waals surface area (Å²) in [6.07, 6.45) is 0.160. The van der Waals surface area contributed by atoms with Crippen LogP contribution < -0.4 is 10.1 Å². The number of rotatable bonds is 7. The summed E-state index contributed by atoms with van der Waals surface area (Å²) < 4.78 is 18.6. The van der Waals surface area contributed by atoms with Gasteiger partial charge in [-0.15, -0.1) is 0 Å². The molecule has 0 saturated heterocycles. The summed E-state index contributed by atoms with van der Waals surface area (Å²) in [5, 5.41) is 2.81. The summed E-state index contributed by atoms with van der Waals surface area (Å²) in [6, 6.07) is 13.1. The average molecular weight is 358 g/mol. The van der Waals surface area contributed by atoms with Crippen LogP contribution >= 0.6 is 0 Å². The van der Waals surface area contributed by atoms with Crippen LogP contribution in [0, 0.1) is 5.82 Å². The van der Waals surface area contributed by atoms with Crippen LogP contribution in [0.2, 0.25) is 0 Å². The molecule has 0 heterocycles. The van der Waals surface area contributed by atoms with Crippen molar-refractivity contribution in [2.24, 2.45) is 0 Å². The van der Waals surface area contributed by atoms with E-state index in [1.54, 1.807) is 44.3 Å². The first-order valence-electron chi connectivity index (χ1n) is 8.33. The van der Waals surface area contributed by atoms with Gasteiger partial charge in [-0.1, -0.05) is 24.3 Å². The molecule has 2 aromatic rings. The van der Waals surface area contributed by atoms with Gasteiger partial charge in [0, 0.05) is 31.6 Å². The van der Waals surface area contributed by atoms with E-state index in [9.17, 15) is 14.0 Å². The SMILES string of the molecule is COc1ccc(CN(C)C(=O)CC(C)NC(=O)c2ccccc2)cc1F. The summed E-state index contributed by atoms with van der Waals surface area (Å²) in [7, 11) is 3.05. The van der Waals surface area contributed by atoms with Gasteiger partial charge in [0.25, 0.3) is 5.91 Å². The molecule has 0 aliphatic carbocycles. The minimum atomic E-state index is -0.464. The summed E-state index contributed by atoms with van der Waals surface area (Å²) in [5.74, 6) is -0.651. The molecular formula is C20H23FN2O3. The van der Waals surface area contributed by atoms with Crippen LogP contribution in [0.4, 0.5) is 4.39 Å². The van der Waals surface area contributed by atoms with Crippen LogP contribution in [-0.2, 0) is 11.3 Å². The topological polar surface area (TPSA) is 58.6 Å². The Morgan fingerprint density at radius 3 is 2.50 bits per heavy atom. The van der Waals surface area contributed by atoms with E-state index in [0.717, 1.165) is 0 Å². The van der Waals surface area contributed by atoms with Gasteiger partial charge in [0.05, 0.1) is 7.11 Å². The summed E-state index contributed by atoms with van der Waals surface area (Å²) in [5.41, 5.74) is 1.22. The van der Waals surface area contributed by atoms with E-state index in [1.807, 2.05) is 6.07 Å². The van der Waals surface area contributed by atoms with Gasteiger partial charge in [-0.05, 0) is 36.8 Å². The number of methoxy groups -OCH3 is 1. The molecule has 0 radical (unpaired) electrons. The zero-order valence-electron chi connectivity index (χ0n) is 15.2. The number of nitrogens with one attached hydrogen (secondary N) is 1. The van der Waals surface area contributed by atoms with E-state index in [-0.39, 0.29) is 36.6 Å². The zero-order valence-corrected chi connectivity index (χ0v) is 15.2. The molecular weight excluding hydrogens is 335 g/mol. The van der Waals surface area contributed by atoms with Crippen molar-refractivity contribution in [2.75, 3.05) is 14.2 Å². The zero-order chi connectivity index (χ0) is 19.1. The van der Waals surface area contributed by atoms with Crippen LogP contribution in [0.15, 0.2) is 48.5 Å². The smallest absolute Gasteiger partial charge is 0.251 e. The molecule has 6 heteroatoms. The van der Waals surface area contributed by atoms with Crippen molar-refractivity contribution in [2.45, 2.75) is 25.9 Å². The van der Waals surface area contributed by atoms with Crippen molar-refractivity contribution in [3.63, 3.8) is 0 Å². The van der Waals surface area contributed by atoms with Crippen molar-refractivity contribution in [3.8, 4) is 5.75 Å². The fourth-order valence-electron chi connectivity index (χ4n) is 2.54. The average Bonchev–Trinajstić information content (AvgIpc) is 2.62. The van der Waals surface area contributed by atoms with E-state index in [1.165, 1.54) is 24.1 Å². The molecule has 1 atom stereocenters. The van der Waals surface area contributed by atoms with Gasteiger partial charge in [-0.25, -0.2) is 4.39 Å². The number of halogens is 1.